The van der Waals surface area contributed by atoms with Gasteiger partial charge in [0.15, 0.2) is 0 Å². The van der Waals surface area contributed by atoms with Gasteiger partial charge in [-0.05, 0) is 0 Å². The fraction of sp³-hybridized carbons (Fsp3) is 0.750. The van der Waals surface area contributed by atoms with Crippen LogP contribution in [0.25, 0.3) is 0 Å². The zero-order chi connectivity index (χ0) is 5.58. The number of hydrogen-bond acceptors (Lipinski definition) is 1. The van der Waals surface area contributed by atoms with Crippen LogP contribution in [0.4, 0.5) is 0 Å². The van der Waals surface area contributed by atoms with Crippen LogP contribution < -0.4 is 0 Å². The molecule has 2 nitrogen and oxygen atoms in total. The highest BCUT2D eigenvalue weighted by molar-refractivity contribution is 5.86. The van der Waals surface area contributed by atoms with Crippen LogP contribution in [0.1, 0.15) is 20.8 Å². The van der Waals surface area contributed by atoms with Crippen molar-refractivity contribution in [3.05, 3.63) is 0 Å². The first-order valence-electron chi connectivity index (χ1n) is 1.93. The third-order valence-electron chi connectivity index (χ3n) is 0. The molecule has 0 radical (unpaired) electrons. The normalized spacial score (nSPS) is 3.44. The molecule has 0 fully saturated rings. The Bertz CT molecular complexity index is 36.8. The Morgan fingerprint density at radius 2 is 1.11 bits per heavy atom. The van der Waals surface area contributed by atoms with Crippen molar-refractivity contribution in [3.63, 3.8) is 0 Å². The van der Waals surface area contributed by atoms with Gasteiger partial charge in [-0.25, -0.2) is 0 Å². The van der Waals surface area contributed by atoms with Crippen LogP contribution in [0.15, 0.2) is 0 Å². The predicted octanol–water partition coefficient (Wildman–Crippen LogP) is 2.38. The van der Waals surface area contributed by atoms with E-state index in [4.69, 9.17) is 9.90 Å². The van der Waals surface area contributed by atoms with E-state index in [1.807, 2.05) is 13.8 Å². The molecule has 0 saturated carbocycles. The van der Waals surface area contributed by atoms with Crippen LogP contribution in [0.5, 0.6) is 0 Å². The van der Waals surface area contributed by atoms with Crippen molar-refractivity contribution in [2.24, 2.45) is 0 Å². The Morgan fingerprint density at radius 1 is 1.11 bits per heavy atom. The van der Waals surface area contributed by atoms with Crippen LogP contribution in [-0.4, -0.2) is 11.1 Å². The van der Waals surface area contributed by atoms with E-state index in [0.29, 0.717) is 0 Å². The van der Waals surface area contributed by atoms with Crippen LogP contribution in [-0.2, 0) is 4.79 Å². The zero-order valence-electron chi connectivity index (χ0n) is 5.58. The van der Waals surface area contributed by atoms with E-state index in [1.54, 1.807) is 0 Å². The highest BCUT2D eigenvalue weighted by Crippen LogP contribution is 1.42. The summed E-state index contributed by atoms with van der Waals surface area (Å²) in [4.78, 5) is 9.00. The molecule has 0 aromatic carbocycles. The van der Waals surface area contributed by atoms with E-state index < -0.39 is 5.97 Å². The summed E-state index contributed by atoms with van der Waals surface area (Å²) in [5.41, 5.74) is 0. The van der Waals surface area contributed by atoms with Gasteiger partial charge in [-0.1, -0.05) is 13.8 Å². The van der Waals surface area contributed by atoms with Gasteiger partial charge in [-0.3, -0.25) is 4.79 Å². The first kappa shape index (κ1) is 34.5. The van der Waals surface area contributed by atoms with Crippen molar-refractivity contribution >= 4 is 43.2 Å². The van der Waals surface area contributed by atoms with Crippen molar-refractivity contribution in [2.75, 3.05) is 0 Å². The lowest BCUT2D eigenvalue weighted by atomic mass is 10.9. The number of hydrogen-bond donors (Lipinski definition) is 1. The monoisotopic (exact) mass is 198 g/mol. The molecule has 0 aromatic rings. The molecule has 62 valence electrons. The van der Waals surface area contributed by atoms with Crippen molar-refractivity contribution in [2.45, 2.75) is 20.8 Å². The quantitative estimate of drug-likeness (QED) is 0.650. The van der Waals surface area contributed by atoms with Gasteiger partial charge in [0.2, 0.25) is 0 Å². The minimum atomic E-state index is -0.833. The van der Waals surface area contributed by atoms with E-state index in [9.17, 15) is 0 Å². The molecule has 0 rings (SSSR count). The van der Waals surface area contributed by atoms with Crippen molar-refractivity contribution in [3.8, 4) is 0 Å². The zero-order valence-corrected chi connectivity index (χ0v) is 8.03. The topological polar surface area (TPSA) is 37.3 Å². The molecule has 0 unspecified atom stereocenters. The summed E-state index contributed by atoms with van der Waals surface area (Å²) >= 11 is 0. The van der Waals surface area contributed by atoms with E-state index in [0.717, 1.165) is 6.92 Å². The summed E-state index contributed by atoms with van der Waals surface area (Å²) in [6, 6.07) is 0. The summed E-state index contributed by atoms with van der Waals surface area (Å²) in [6.45, 7) is 5.08. The molecule has 0 saturated heterocycles. The second-order valence-electron chi connectivity index (χ2n) is 0.519. The van der Waals surface area contributed by atoms with Gasteiger partial charge in [0.25, 0.3) is 5.97 Å². The predicted molar refractivity (Wildman–Crippen MR) is 46.4 cm³/mol. The Morgan fingerprint density at radius 3 is 1.11 bits per heavy atom. The van der Waals surface area contributed by atoms with Gasteiger partial charge in [-0.15, -0.1) is 37.2 Å². The van der Waals surface area contributed by atoms with Gasteiger partial charge >= 0.3 is 0 Å². The van der Waals surface area contributed by atoms with Gasteiger partial charge in [0.1, 0.15) is 0 Å². The highest BCUT2D eigenvalue weighted by atomic mass is 35.5. The Balaban J connectivity index is -0.00000000990. The average Bonchev–Trinajstić information content (AvgIpc) is 1.41. The summed E-state index contributed by atoms with van der Waals surface area (Å²) in [5, 5.41) is 7.42. The van der Waals surface area contributed by atoms with Gasteiger partial charge in [0, 0.05) is 6.92 Å². The van der Waals surface area contributed by atoms with Crippen LogP contribution in [0.2, 0.25) is 0 Å². The van der Waals surface area contributed by atoms with E-state index >= 15 is 0 Å². The van der Waals surface area contributed by atoms with Crippen molar-refractivity contribution < 1.29 is 9.90 Å². The maximum atomic E-state index is 9.00. The molecule has 0 spiro atoms. The van der Waals surface area contributed by atoms with Crippen LogP contribution in [0, 0.1) is 0 Å². The maximum Gasteiger partial charge on any atom is 0.300 e. The van der Waals surface area contributed by atoms with Crippen LogP contribution in [0.3, 0.4) is 0 Å². The lowest BCUT2D eigenvalue weighted by molar-refractivity contribution is -0.134. The minimum absolute atomic E-state index is 0. The molecular weight excluding hydrogens is 186 g/mol. The fourth-order valence-corrected chi connectivity index (χ4v) is 0. The highest BCUT2D eigenvalue weighted by Gasteiger charge is 1.65. The molecule has 0 aliphatic carbocycles. The molecule has 0 atom stereocenters. The Kier molecular flexibility index (Phi) is 154. The molecule has 0 amide bonds. The SMILES string of the molecule is CC.CC(=O)O.Cl.Cl.Cl. The smallest absolute Gasteiger partial charge is 0.300 e. The van der Waals surface area contributed by atoms with Crippen molar-refractivity contribution in [1.82, 2.24) is 0 Å². The third-order valence-corrected chi connectivity index (χ3v) is 0. The fourth-order valence-electron chi connectivity index (χ4n) is 0. The second-order valence-corrected chi connectivity index (χ2v) is 0.519. The third kappa shape index (κ3) is 2900. The standard InChI is InChI=1S/C2H4O2.C2H6.3ClH/c1-2(3)4;1-2;;;/h1H3,(H,3,4);1-2H3;3*1H. The van der Waals surface area contributed by atoms with Gasteiger partial charge in [0.05, 0.1) is 0 Å². The number of carbonyl (C=O) groups is 1. The van der Waals surface area contributed by atoms with E-state index in [-0.39, 0.29) is 37.2 Å². The molecule has 9 heavy (non-hydrogen) atoms. The van der Waals surface area contributed by atoms with E-state index in [1.165, 1.54) is 0 Å². The largest absolute Gasteiger partial charge is 0.481 e. The summed E-state index contributed by atoms with van der Waals surface area (Å²) in [6.07, 6.45) is 0. The summed E-state index contributed by atoms with van der Waals surface area (Å²) in [5.74, 6) is -0.833. The summed E-state index contributed by atoms with van der Waals surface area (Å²) in [7, 11) is 0. The first-order chi connectivity index (χ1) is 2.73. The molecule has 0 aliphatic rings. The molecule has 5 heteroatoms. The number of aliphatic carboxylic acids is 1. The Hall–Kier alpha value is 0.340. The molecule has 0 aliphatic heterocycles. The number of rotatable bonds is 0. The van der Waals surface area contributed by atoms with Gasteiger partial charge in [-0.2, -0.15) is 0 Å². The average molecular weight is 200 g/mol. The number of carboxylic acid groups (broad SMARTS) is 1. The van der Waals surface area contributed by atoms with Crippen molar-refractivity contribution in [1.29, 1.82) is 0 Å². The first-order valence-corrected chi connectivity index (χ1v) is 1.93. The summed E-state index contributed by atoms with van der Waals surface area (Å²) < 4.78 is 0. The molecule has 0 aromatic heterocycles. The lowest BCUT2D eigenvalue weighted by Gasteiger charge is -1.59. The number of carboxylic acids is 1. The van der Waals surface area contributed by atoms with Crippen LogP contribution >= 0.6 is 37.2 Å². The molecular formula is C4H13Cl3O2. The minimum Gasteiger partial charge on any atom is -0.481 e. The van der Waals surface area contributed by atoms with E-state index in [2.05, 4.69) is 0 Å². The molecule has 0 heterocycles. The molecule has 1 N–H and O–H groups in total. The lowest BCUT2D eigenvalue weighted by Crippen LogP contribution is -1.78. The number of halogens is 3. The second kappa shape index (κ2) is 40.3. The Labute approximate surface area is 74.3 Å². The maximum absolute atomic E-state index is 9.00. The van der Waals surface area contributed by atoms with Gasteiger partial charge < -0.3 is 5.11 Å². The molecule has 0 bridgehead atoms.